The number of Topliss-reactive ketones (excluding diaryl/α,β-unsaturated/α-hetero) is 2. The second-order valence-corrected chi connectivity index (χ2v) is 4.50. The van der Waals surface area contributed by atoms with Crippen LogP contribution in [0.4, 0.5) is 0 Å². The number of hydrogen-bond acceptors (Lipinski definition) is 8. The van der Waals surface area contributed by atoms with Crippen molar-refractivity contribution in [3.05, 3.63) is 28.7 Å². The van der Waals surface area contributed by atoms with E-state index in [9.17, 15) is 24.9 Å². The number of ketones is 2. The number of furan rings is 1. The van der Waals surface area contributed by atoms with Crippen LogP contribution in [0, 0.1) is 0 Å². The van der Waals surface area contributed by atoms with Gasteiger partial charge >= 0.3 is 5.95 Å². The van der Waals surface area contributed by atoms with E-state index in [2.05, 4.69) is 0 Å². The summed E-state index contributed by atoms with van der Waals surface area (Å²) in [4.78, 5) is 24.4. The first kappa shape index (κ1) is 13.8. The smallest absolute Gasteiger partial charge is 0.329 e. The van der Waals surface area contributed by atoms with Gasteiger partial charge in [-0.05, 0) is 6.07 Å². The highest BCUT2D eigenvalue weighted by molar-refractivity contribution is 6.28. The van der Waals surface area contributed by atoms with Crippen molar-refractivity contribution in [2.24, 2.45) is 0 Å². The van der Waals surface area contributed by atoms with Crippen LogP contribution in [0.3, 0.4) is 0 Å². The van der Waals surface area contributed by atoms with Gasteiger partial charge in [0, 0.05) is 5.56 Å². The fourth-order valence-corrected chi connectivity index (χ4v) is 2.39. The lowest BCUT2D eigenvalue weighted by Crippen LogP contribution is -2.23. The van der Waals surface area contributed by atoms with Crippen LogP contribution in [-0.2, 0) is 4.74 Å². The summed E-state index contributed by atoms with van der Waals surface area (Å²) in [5, 5.41) is 29.7. The highest BCUT2D eigenvalue weighted by atomic mass is 16.6. The monoisotopic (exact) mass is 306 g/mol. The van der Waals surface area contributed by atoms with E-state index in [-0.39, 0.29) is 22.5 Å². The average Bonchev–Trinajstić information content (AvgIpc) is 2.82. The number of phenols is 1. The van der Waals surface area contributed by atoms with Gasteiger partial charge in [0.15, 0.2) is 0 Å². The zero-order valence-electron chi connectivity index (χ0n) is 11.5. The Morgan fingerprint density at radius 2 is 1.68 bits per heavy atom. The average molecular weight is 306 g/mol. The van der Waals surface area contributed by atoms with Crippen molar-refractivity contribution in [3.8, 4) is 17.4 Å². The van der Waals surface area contributed by atoms with Gasteiger partial charge in [-0.3, -0.25) is 9.59 Å². The Morgan fingerprint density at radius 1 is 1.00 bits per heavy atom. The molecular formula is C14H10O8. The number of benzene rings is 1. The number of ether oxygens (including phenoxy) is 2. The van der Waals surface area contributed by atoms with Gasteiger partial charge in [-0.1, -0.05) is 0 Å². The molecule has 3 rings (SSSR count). The third-order valence-electron chi connectivity index (χ3n) is 3.40. The lowest BCUT2D eigenvalue weighted by Gasteiger charge is -2.17. The van der Waals surface area contributed by atoms with Gasteiger partial charge in [0.2, 0.25) is 28.8 Å². The fraction of sp³-hybridized carbons (Fsp3) is 0.143. The Labute approximate surface area is 122 Å². The second-order valence-electron chi connectivity index (χ2n) is 4.50. The number of rotatable bonds is 2. The van der Waals surface area contributed by atoms with Crippen molar-refractivity contribution in [1.82, 2.24) is 0 Å². The number of phenolic OH excluding ortho intramolecular Hbond substituents is 1. The van der Waals surface area contributed by atoms with Crippen LogP contribution in [0.25, 0.3) is 11.0 Å². The molecule has 8 nitrogen and oxygen atoms in total. The molecule has 0 amide bonds. The van der Waals surface area contributed by atoms with E-state index in [1.165, 1.54) is 7.11 Å². The van der Waals surface area contributed by atoms with Crippen LogP contribution in [0.5, 0.6) is 17.4 Å². The van der Waals surface area contributed by atoms with Crippen LogP contribution in [0.15, 0.2) is 22.0 Å². The molecule has 0 saturated heterocycles. The Morgan fingerprint density at radius 3 is 2.27 bits per heavy atom. The summed E-state index contributed by atoms with van der Waals surface area (Å²) < 4.78 is 14.7. The van der Waals surface area contributed by atoms with E-state index in [0.29, 0.717) is 0 Å². The van der Waals surface area contributed by atoms with Crippen LogP contribution >= 0.6 is 0 Å². The van der Waals surface area contributed by atoms with E-state index in [4.69, 9.17) is 13.9 Å². The number of fused-ring (bicyclic) bond motifs is 2. The summed E-state index contributed by atoms with van der Waals surface area (Å²) in [6, 6.07) is 1.16. The third kappa shape index (κ3) is 1.51. The molecule has 1 aromatic heterocycles. The fourth-order valence-electron chi connectivity index (χ4n) is 2.39. The first-order valence-electron chi connectivity index (χ1n) is 6.04. The van der Waals surface area contributed by atoms with Crippen molar-refractivity contribution >= 4 is 22.5 Å². The standard InChI is InChI=1S/C14H10O8/c1-20-13-8(15)4-3-5-7(11(18)14(21-2)22-5)9(16)6(4)10(17)12(13)19/h3,16,18-19H,1-2H3. The van der Waals surface area contributed by atoms with E-state index in [1.807, 2.05) is 0 Å². The summed E-state index contributed by atoms with van der Waals surface area (Å²) in [6.07, 6.45) is 0. The molecule has 1 aliphatic carbocycles. The number of aliphatic hydroxyl groups excluding tert-OH is 1. The van der Waals surface area contributed by atoms with Crippen LogP contribution < -0.4 is 4.74 Å². The molecule has 0 bridgehead atoms. The van der Waals surface area contributed by atoms with Crippen molar-refractivity contribution in [3.63, 3.8) is 0 Å². The molecular weight excluding hydrogens is 296 g/mol. The molecule has 1 aliphatic rings. The van der Waals surface area contributed by atoms with Gasteiger partial charge in [0.1, 0.15) is 16.7 Å². The second kappa shape index (κ2) is 4.42. The summed E-state index contributed by atoms with van der Waals surface area (Å²) in [5.74, 6) is -4.71. The van der Waals surface area contributed by atoms with Gasteiger partial charge in [-0.15, -0.1) is 0 Å². The number of aliphatic hydroxyl groups is 1. The molecule has 2 aromatic rings. The largest absolute Gasteiger partial charge is 0.506 e. The molecule has 1 heterocycles. The maximum Gasteiger partial charge on any atom is 0.329 e. The van der Waals surface area contributed by atoms with Crippen LogP contribution in [0.1, 0.15) is 20.7 Å². The number of methoxy groups -OCH3 is 2. The molecule has 0 atom stereocenters. The molecule has 0 radical (unpaired) electrons. The lowest BCUT2D eigenvalue weighted by molar-refractivity contribution is 0.0853. The first-order chi connectivity index (χ1) is 10.4. The van der Waals surface area contributed by atoms with Crippen molar-refractivity contribution in [2.45, 2.75) is 0 Å². The van der Waals surface area contributed by atoms with E-state index in [0.717, 1.165) is 13.2 Å². The Bertz CT molecular complexity index is 871. The maximum atomic E-state index is 12.2. The molecule has 0 saturated carbocycles. The zero-order valence-corrected chi connectivity index (χ0v) is 11.5. The van der Waals surface area contributed by atoms with E-state index >= 15 is 0 Å². The van der Waals surface area contributed by atoms with Crippen LogP contribution in [0.2, 0.25) is 0 Å². The van der Waals surface area contributed by atoms with Gasteiger partial charge in [-0.25, -0.2) is 0 Å². The Kier molecular flexibility index (Phi) is 2.77. The third-order valence-corrected chi connectivity index (χ3v) is 3.40. The predicted octanol–water partition coefficient (Wildman–Crippen LogP) is 1.65. The SMILES string of the molecule is COC1=C(O)C(=O)c2c(cc3oc(OC)c(O)c3c2O)C1=O. The topological polar surface area (TPSA) is 126 Å². The van der Waals surface area contributed by atoms with E-state index < -0.39 is 40.1 Å². The van der Waals surface area contributed by atoms with Gasteiger partial charge < -0.3 is 29.2 Å². The molecule has 0 fully saturated rings. The first-order valence-corrected chi connectivity index (χ1v) is 6.04. The Hall–Kier alpha value is -3.16. The minimum atomic E-state index is -0.995. The zero-order chi connectivity index (χ0) is 16.2. The van der Waals surface area contributed by atoms with Gasteiger partial charge in [-0.2, -0.15) is 0 Å². The number of allylic oxidation sites excluding steroid dienone is 2. The number of hydrogen-bond donors (Lipinski definition) is 3. The van der Waals surface area contributed by atoms with Gasteiger partial charge in [0.05, 0.1) is 19.8 Å². The number of aromatic hydroxyl groups is 2. The molecule has 114 valence electrons. The highest BCUT2D eigenvalue weighted by Gasteiger charge is 2.38. The molecule has 3 N–H and O–H groups in total. The summed E-state index contributed by atoms with van der Waals surface area (Å²) in [5.41, 5.74) is -0.695. The molecule has 0 spiro atoms. The lowest BCUT2D eigenvalue weighted by atomic mass is 9.90. The van der Waals surface area contributed by atoms with Gasteiger partial charge in [0.25, 0.3) is 0 Å². The minimum absolute atomic E-state index is 0.0522. The maximum absolute atomic E-state index is 12.2. The van der Waals surface area contributed by atoms with E-state index in [1.54, 1.807) is 0 Å². The molecule has 0 unspecified atom stereocenters. The number of carbonyl (C=O) groups excluding carboxylic acids is 2. The normalized spacial score (nSPS) is 14.5. The summed E-state index contributed by atoms with van der Waals surface area (Å²) in [6.45, 7) is 0. The molecule has 1 aromatic carbocycles. The van der Waals surface area contributed by atoms with Crippen molar-refractivity contribution in [1.29, 1.82) is 0 Å². The summed E-state index contributed by atoms with van der Waals surface area (Å²) in [7, 11) is 2.36. The molecule has 0 aliphatic heterocycles. The minimum Gasteiger partial charge on any atom is -0.506 e. The van der Waals surface area contributed by atoms with Crippen molar-refractivity contribution < 1.29 is 38.8 Å². The highest BCUT2D eigenvalue weighted by Crippen LogP contribution is 2.46. The van der Waals surface area contributed by atoms with Crippen LogP contribution in [-0.4, -0.2) is 41.1 Å². The quantitative estimate of drug-likeness (QED) is 0.764. The Balaban J connectivity index is 2.41. The van der Waals surface area contributed by atoms with Crippen molar-refractivity contribution in [2.75, 3.05) is 14.2 Å². The number of carbonyl (C=O) groups is 2. The molecule has 8 heteroatoms. The molecule has 22 heavy (non-hydrogen) atoms. The predicted molar refractivity (Wildman–Crippen MR) is 71.4 cm³/mol. The summed E-state index contributed by atoms with van der Waals surface area (Å²) >= 11 is 0.